The lowest BCUT2D eigenvalue weighted by Crippen LogP contribution is -2.57. The number of fused-ring (bicyclic) bond motifs is 7. The van der Waals surface area contributed by atoms with Crippen LogP contribution >= 0.6 is 0 Å². The maximum absolute atomic E-state index is 18.0. The van der Waals surface area contributed by atoms with Gasteiger partial charge in [-0.25, -0.2) is 9.18 Å². The van der Waals surface area contributed by atoms with E-state index in [0.29, 0.717) is 70.8 Å². The molecule has 3 unspecified atom stereocenters. The Labute approximate surface area is 379 Å². The summed E-state index contributed by atoms with van der Waals surface area (Å²) in [7, 11) is -0.549. The third-order valence-corrected chi connectivity index (χ3v) is 21.1. The first kappa shape index (κ1) is 44.4. The van der Waals surface area contributed by atoms with Crippen molar-refractivity contribution in [2.75, 3.05) is 45.0 Å². The van der Waals surface area contributed by atoms with Crippen LogP contribution in [-0.4, -0.2) is 108 Å². The molecular formula is C51H65FN6O5Si. The lowest BCUT2D eigenvalue weighted by atomic mass is 9.92. The van der Waals surface area contributed by atoms with Crippen LogP contribution in [-0.2, 0) is 9.47 Å². The number of methoxy groups -OCH3 is 1. The Morgan fingerprint density at radius 1 is 1.03 bits per heavy atom. The number of benzene rings is 2. The van der Waals surface area contributed by atoms with Gasteiger partial charge in [-0.15, -0.1) is 5.54 Å². The molecule has 9 rings (SSSR count). The minimum Gasteiger partial charge on any atom is -0.468 e. The van der Waals surface area contributed by atoms with E-state index < -0.39 is 19.5 Å². The molecule has 1 saturated carbocycles. The van der Waals surface area contributed by atoms with Crippen LogP contribution in [0.3, 0.4) is 0 Å². The number of nitrogens with zero attached hydrogens (tertiary/aromatic N) is 6. The minimum atomic E-state index is -2.12. The molecule has 13 heteroatoms. The highest BCUT2D eigenvalue weighted by atomic mass is 28.3. The molecular weight excluding hydrogens is 824 g/mol. The maximum atomic E-state index is 18.0. The van der Waals surface area contributed by atoms with Crippen molar-refractivity contribution < 1.29 is 28.1 Å². The van der Waals surface area contributed by atoms with Crippen molar-refractivity contribution >= 4 is 41.7 Å². The van der Waals surface area contributed by atoms with Crippen molar-refractivity contribution in [3.05, 3.63) is 60.1 Å². The number of carbonyl (C=O) groups is 1. The molecule has 5 atom stereocenters. The SMILES string of the molecule is C=C1CN2[C@@H]3C[C@@H]3CC2(COc2nc(N3CC4CCC(C3)N4C(=O)OC(C)(C)C)c3cnc(-c4cc(OCOC)cc5cccc(C#C[Si](C(C)C)(C(C)C)C(C)C)c45)c(F)c3n2)C1. The number of anilines is 1. The minimum absolute atomic E-state index is 0.0254. The van der Waals surface area contributed by atoms with Crippen molar-refractivity contribution in [2.24, 2.45) is 5.92 Å². The normalized spacial score (nSPS) is 24.2. The van der Waals surface area contributed by atoms with Gasteiger partial charge < -0.3 is 23.8 Å². The summed E-state index contributed by atoms with van der Waals surface area (Å²) in [6.07, 6.45) is 6.20. The zero-order valence-electron chi connectivity index (χ0n) is 39.4. The number of rotatable bonds is 11. The van der Waals surface area contributed by atoms with Crippen LogP contribution < -0.4 is 14.4 Å². The van der Waals surface area contributed by atoms with Crippen molar-refractivity contribution in [2.45, 2.75) is 140 Å². The molecule has 1 aliphatic carbocycles. The third kappa shape index (κ3) is 7.81. The fourth-order valence-corrected chi connectivity index (χ4v) is 17.3. The molecule has 5 aliphatic rings. The average Bonchev–Trinajstić information content (AvgIpc) is 3.69. The number of carbonyl (C=O) groups excluding carboxylic acids is 1. The van der Waals surface area contributed by atoms with Gasteiger partial charge in [0.05, 0.1) is 23.0 Å². The van der Waals surface area contributed by atoms with Gasteiger partial charge in [0.25, 0.3) is 0 Å². The quantitative estimate of drug-likeness (QED) is 0.0626. The number of piperidine rings is 1. The summed E-state index contributed by atoms with van der Waals surface area (Å²) in [6.45, 7) is 26.2. The Bertz CT molecular complexity index is 2530. The van der Waals surface area contributed by atoms with Crippen molar-refractivity contribution in [1.29, 1.82) is 0 Å². The largest absolute Gasteiger partial charge is 0.468 e. The smallest absolute Gasteiger partial charge is 0.410 e. The summed E-state index contributed by atoms with van der Waals surface area (Å²) in [6, 6.07) is 10.3. The number of piperazine rings is 1. The van der Waals surface area contributed by atoms with E-state index in [1.54, 1.807) is 13.3 Å². The van der Waals surface area contributed by atoms with Crippen LogP contribution in [0.15, 0.2) is 48.7 Å². The molecule has 64 heavy (non-hydrogen) atoms. The Balaban J connectivity index is 1.18. The van der Waals surface area contributed by atoms with Crippen molar-refractivity contribution in [1.82, 2.24) is 24.8 Å². The van der Waals surface area contributed by atoms with Crippen molar-refractivity contribution in [3.63, 3.8) is 0 Å². The summed E-state index contributed by atoms with van der Waals surface area (Å²) in [5.41, 5.74) is 7.29. The van der Waals surface area contributed by atoms with E-state index in [0.717, 1.165) is 48.6 Å². The first-order valence-corrected chi connectivity index (χ1v) is 25.6. The van der Waals surface area contributed by atoms with Crippen LogP contribution in [0.2, 0.25) is 16.6 Å². The van der Waals surface area contributed by atoms with Crippen LogP contribution in [0.5, 0.6) is 11.8 Å². The van der Waals surface area contributed by atoms with E-state index in [-0.39, 0.29) is 47.7 Å². The number of amides is 1. The van der Waals surface area contributed by atoms with Gasteiger partial charge in [0.15, 0.2) is 12.6 Å². The van der Waals surface area contributed by atoms with E-state index in [1.165, 1.54) is 12.0 Å². The fraction of sp³-hybridized carbons (Fsp3) is 0.569. The predicted octanol–water partition coefficient (Wildman–Crippen LogP) is 10.3. The van der Waals surface area contributed by atoms with Crippen LogP contribution in [0.1, 0.15) is 100.0 Å². The lowest BCUT2D eigenvalue weighted by Gasteiger charge is -2.42. The summed E-state index contributed by atoms with van der Waals surface area (Å²) >= 11 is 0. The van der Waals surface area contributed by atoms with Gasteiger partial charge in [0.1, 0.15) is 43.1 Å². The molecule has 11 nitrogen and oxygen atoms in total. The highest BCUT2D eigenvalue weighted by Crippen LogP contribution is 2.57. The van der Waals surface area contributed by atoms with Gasteiger partial charge in [-0.3, -0.25) is 14.8 Å². The Hall–Kier alpha value is -4.77. The number of aromatic nitrogens is 3. The lowest BCUT2D eigenvalue weighted by molar-refractivity contribution is 0.0122. The molecule has 0 spiro atoms. The van der Waals surface area contributed by atoms with E-state index in [9.17, 15) is 4.79 Å². The molecule has 2 bridgehead atoms. The third-order valence-electron chi connectivity index (χ3n) is 14.8. The summed E-state index contributed by atoms with van der Waals surface area (Å²) in [5.74, 6) is 4.83. The number of hydrogen-bond donors (Lipinski definition) is 0. The zero-order valence-corrected chi connectivity index (χ0v) is 40.4. The maximum Gasteiger partial charge on any atom is 0.410 e. The number of halogens is 1. The molecule has 340 valence electrons. The van der Waals surface area contributed by atoms with Gasteiger partial charge >= 0.3 is 12.1 Å². The van der Waals surface area contributed by atoms with Gasteiger partial charge in [0.2, 0.25) is 0 Å². The molecule has 4 aliphatic heterocycles. The summed E-state index contributed by atoms with van der Waals surface area (Å²) in [4.78, 5) is 35.0. The second kappa shape index (κ2) is 16.6. The molecule has 2 aromatic heterocycles. The molecule has 6 heterocycles. The predicted molar refractivity (Wildman–Crippen MR) is 253 cm³/mol. The molecule has 4 aromatic rings. The Kier molecular flexibility index (Phi) is 11.5. The first-order chi connectivity index (χ1) is 30.4. The van der Waals surface area contributed by atoms with Gasteiger partial charge in [0, 0.05) is 55.5 Å². The second-order valence-electron chi connectivity index (χ2n) is 21.1. The van der Waals surface area contributed by atoms with E-state index in [4.69, 9.17) is 33.9 Å². The highest BCUT2D eigenvalue weighted by Gasteiger charge is 2.62. The number of pyridine rings is 1. The van der Waals surface area contributed by atoms with Gasteiger partial charge in [-0.2, -0.15) is 9.97 Å². The van der Waals surface area contributed by atoms with E-state index in [1.807, 2.05) is 56.0 Å². The molecule has 2 aromatic carbocycles. The Morgan fingerprint density at radius 2 is 1.75 bits per heavy atom. The van der Waals surface area contributed by atoms with Gasteiger partial charge in [-0.05, 0) is 99.0 Å². The number of ether oxygens (including phenoxy) is 4. The zero-order chi connectivity index (χ0) is 45.5. The fourth-order valence-electron chi connectivity index (χ4n) is 12.1. The van der Waals surface area contributed by atoms with E-state index in [2.05, 4.69) is 69.4 Å². The highest BCUT2D eigenvalue weighted by molar-refractivity contribution is 6.90. The molecule has 4 saturated heterocycles. The molecule has 0 N–H and O–H groups in total. The molecule has 1 amide bonds. The van der Waals surface area contributed by atoms with Gasteiger partial charge in [-0.1, -0.05) is 71.7 Å². The van der Waals surface area contributed by atoms with Crippen LogP contribution in [0.25, 0.3) is 32.9 Å². The molecule has 5 fully saturated rings. The summed E-state index contributed by atoms with van der Waals surface area (Å²) in [5, 5.41) is 2.13. The monoisotopic (exact) mass is 888 g/mol. The first-order valence-electron chi connectivity index (χ1n) is 23.3. The molecule has 0 radical (unpaired) electrons. The van der Waals surface area contributed by atoms with E-state index >= 15 is 4.39 Å². The average molecular weight is 889 g/mol. The van der Waals surface area contributed by atoms with Crippen LogP contribution in [0.4, 0.5) is 15.0 Å². The Morgan fingerprint density at radius 3 is 2.42 bits per heavy atom. The summed E-state index contributed by atoms with van der Waals surface area (Å²) < 4.78 is 41.8. The standard InChI is InChI=1S/C51H65FN6O5Si/c1-30(2)64(31(3)4,32(5)6)18-17-34-13-12-14-35-19-39(62-29-60-11)21-40(43(34)35)45-44(52)46-41(24-53-45)47(56-26-37-15-16-38(27-56)58(37)49(59)63-50(8,9)10)55-48(54-46)61-28-51-22-33(7)25-57(51)42-20-36(42)23-51/h12-14,19,21,24,30-32,36-38,42H,7,15-16,20,22-23,25-29H2,1-6,8-11H3/t36-,37?,38?,42-,51?/m1/s1. The second-order valence-corrected chi connectivity index (χ2v) is 26.7. The number of hydrogen-bond acceptors (Lipinski definition) is 10. The topological polar surface area (TPSA) is 102 Å². The van der Waals surface area contributed by atoms with Crippen molar-refractivity contribution in [3.8, 4) is 34.5 Å². The van der Waals surface area contributed by atoms with Crippen LogP contribution in [0, 0.1) is 23.2 Å².